The van der Waals surface area contributed by atoms with E-state index in [1.165, 1.54) is 27.8 Å². The summed E-state index contributed by atoms with van der Waals surface area (Å²) in [6.07, 6.45) is 3.54. The van der Waals surface area contributed by atoms with Crippen LogP contribution in [0, 0.1) is 13.8 Å². The molecule has 1 aliphatic rings. The van der Waals surface area contributed by atoms with Crippen LogP contribution >= 0.6 is 11.3 Å². The van der Waals surface area contributed by atoms with E-state index in [0.29, 0.717) is 30.4 Å². The molecule has 0 spiro atoms. The molecule has 188 valence electrons. The molecule has 1 aliphatic heterocycles. The highest BCUT2D eigenvalue weighted by atomic mass is 32.2. The highest BCUT2D eigenvalue weighted by Crippen LogP contribution is 2.33. The third-order valence-electron chi connectivity index (χ3n) is 6.33. The van der Waals surface area contributed by atoms with Gasteiger partial charge in [0.1, 0.15) is 0 Å². The van der Waals surface area contributed by atoms with E-state index in [1.54, 1.807) is 24.1 Å². The summed E-state index contributed by atoms with van der Waals surface area (Å²) in [6.45, 7) is 7.69. The summed E-state index contributed by atoms with van der Waals surface area (Å²) in [5.41, 5.74) is 3.56. The van der Waals surface area contributed by atoms with Crippen LogP contribution in [0.5, 0.6) is 0 Å². The molecule has 1 saturated heterocycles. The molecule has 2 heterocycles. The zero-order valence-electron chi connectivity index (χ0n) is 20.8. The number of anilines is 1. The second kappa shape index (κ2) is 10.7. The molecule has 3 aromatic rings. The van der Waals surface area contributed by atoms with Gasteiger partial charge in [-0.2, -0.15) is 0 Å². The largest absolute Gasteiger partial charge is 0.376 e. The van der Waals surface area contributed by atoms with Crippen LogP contribution < -0.4 is 4.90 Å². The Bertz CT molecular complexity index is 1300. The van der Waals surface area contributed by atoms with Crippen molar-refractivity contribution < 1.29 is 17.9 Å². The number of nitrogens with zero attached hydrogens (tertiary/aromatic N) is 3. The summed E-state index contributed by atoms with van der Waals surface area (Å²) in [6, 6.07) is 10.4. The van der Waals surface area contributed by atoms with Gasteiger partial charge in [0, 0.05) is 25.8 Å². The normalized spacial score (nSPS) is 16.3. The Balaban J connectivity index is 1.64. The molecule has 2 aromatic carbocycles. The van der Waals surface area contributed by atoms with Crippen molar-refractivity contribution >= 4 is 42.6 Å². The fraction of sp³-hybridized carbons (Fsp3) is 0.462. The predicted octanol–water partition coefficient (Wildman–Crippen LogP) is 5.16. The molecule has 0 N–H and O–H groups in total. The molecule has 7 nitrogen and oxygen atoms in total. The Morgan fingerprint density at radius 2 is 1.94 bits per heavy atom. The van der Waals surface area contributed by atoms with Gasteiger partial charge in [0.05, 0.1) is 27.8 Å². The zero-order chi connectivity index (χ0) is 25.2. The first-order valence-corrected chi connectivity index (χ1v) is 14.3. The molecule has 1 aromatic heterocycles. The van der Waals surface area contributed by atoms with Crippen LogP contribution in [0.4, 0.5) is 5.13 Å². The lowest BCUT2D eigenvalue weighted by molar-refractivity contribution is 0.0917. The first-order valence-electron chi connectivity index (χ1n) is 12.1. The average molecular weight is 516 g/mol. The van der Waals surface area contributed by atoms with E-state index < -0.39 is 10.0 Å². The summed E-state index contributed by atoms with van der Waals surface area (Å²) >= 11 is 1.50. The number of thiazole rings is 1. The molecule has 1 amide bonds. The van der Waals surface area contributed by atoms with Gasteiger partial charge in [0.25, 0.3) is 5.91 Å². The molecule has 0 aliphatic carbocycles. The standard InChI is InChI=1S/C26H33N3O4S2/c1-5-6-13-28(4)35(31,32)22-11-9-20(10-12-22)25(30)29(17-21-8-7-14-33-21)26-27-23-16-18(2)15-19(3)24(23)34-26/h9-12,15-16,21H,5-8,13-14,17H2,1-4H3. The number of aromatic nitrogens is 1. The number of amides is 1. The molecule has 4 rings (SSSR count). The third-order valence-corrected chi connectivity index (χ3v) is 9.43. The topological polar surface area (TPSA) is 79.8 Å². The number of hydrogen-bond donors (Lipinski definition) is 0. The molecule has 0 bridgehead atoms. The van der Waals surface area contributed by atoms with Crippen LogP contribution in [0.25, 0.3) is 10.2 Å². The van der Waals surface area contributed by atoms with Crippen LogP contribution in [0.15, 0.2) is 41.3 Å². The highest BCUT2D eigenvalue weighted by molar-refractivity contribution is 7.89. The van der Waals surface area contributed by atoms with Gasteiger partial charge in [-0.25, -0.2) is 17.7 Å². The van der Waals surface area contributed by atoms with Crippen molar-refractivity contribution in [2.75, 3.05) is 31.6 Å². The lowest BCUT2D eigenvalue weighted by Crippen LogP contribution is -2.37. The smallest absolute Gasteiger partial charge is 0.260 e. The van der Waals surface area contributed by atoms with Gasteiger partial charge in [0.2, 0.25) is 10.0 Å². The first kappa shape index (κ1) is 25.8. The van der Waals surface area contributed by atoms with Gasteiger partial charge in [-0.3, -0.25) is 9.69 Å². The summed E-state index contributed by atoms with van der Waals surface area (Å²) in [5.74, 6) is -0.211. The van der Waals surface area contributed by atoms with Gasteiger partial charge >= 0.3 is 0 Å². The number of benzene rings is 2. The summed E-state index contributed by atoms with van der Waals surface area (Å²) in [5, 5.41) is 0.630. The minimum Gasteiger partial charge on any atom is -0.376 e. The van der Waals surface area contributed by atoms with E-state index in [4.69, 9.17) is 9.72 Å². The number of aryl methyl sites for hydroxylation is 2. The maximum atomic E-state index is 13.7. The quantitative estimate of drug-likeness (QED) is 0.393. The highest BCUT2D eigenvalue weighted by Gasteiger charge is 2.28. The van der Waals surface area contributed by atoms with E-state index in [-0.39, 0.29) is 16.9 Å². The van der Waals surface area contributed by atoms with E-state index in [9.17, 15) is 13.2 Å². The second-order valence-electron chi connectivity index (χ2n) is 9.18. The summed E-state index contributed by atoms with van der Waals surface area (Å²) < 4.78 is 34.0. The molecule has 1 unspecified atom stereocenters. The van der Waals surface area contributed by atoms with Crippen molar-refractivity contribution in [3.05, 3.63) is 53.1 Å². The number of carbonyl (C=O) groups excluding carboxylic acids is 1. The Labute approximate surface area is 211 Å². The Morgan fingerprint density at radius 3 is 2.60 bits per heavy atom. The number of fused-ring (bicyclic) bond motifs is 1. The monoisotopic (exact) mass is 515 g/mol. The van der Waals surface area contributed by atoms with E-state index in [0.717, 1.165) is 47.0 Å². The van der Waals surface area contributed by atoms with Crippen LogP contribution in [0.2, 0.25) is 0 Å². The van der Waals surface area contributed by atoms with E-state index in [2.05, 4.69) is 13.0 Å². The lowest BCUT2D eigenvalue weighted by Gasteiger charge is -2.23. The van der Waals surface area contributed by atoms with Crippen molar-refractivity contribution in [2.45, 2.75) is 57.5 Å². The van der Waals surface area contributed by atoms with Crippen molar-refractivity contribution in [1.29, 1.82) is 0 Å². The van der Waals surface area contributed by atoms with Crippen LogP contribution in [-0.4, -0.2) is 56.5 Å². The minimum atomic E-state index is -3.59. The van der Waals surface area contributed by atoms with Crippen molar-refractivity contribution in [1.82, 2.24) is 9.29 Å². The Kier molecular flexibility index (Phi) is 7.90. The Hall–Kier alpha value is -2.33. The zero-order valence-corrected chi connectivity index (χ0v) is 22.4. The van der Waals surface area contributed by atoms with Gasteiger partial charge in [0.15, 0.2) is 5.13 Å². The molecular formula is C26H33N3O4S2. The maximum absolute atomic E-state index is 13.7. The number of carbonyl (C=O) groups is 1. The van der Waals surface area contributed by atoms with Gasteiger partial charge < -0.3 is 4.74 Å². The van der Waals surface area contributed by atoms with Crippen molar-refractivity contribution in [3.63, 3.8) is 0 Å². The SMILES string of the molecule is CCCCN(C)S(=O)(=O)c1ccc(C(=O)N(CC2CCCO2)c2nc3cc(C)cc(C)c3s2)cc1. The number of sulfonamides is 1. The predicted molar refractivity (Wildman–Crippen MR) is 141 cm³/mol. The fourth-order valence-electron chi connectivity index (χ4n) is 4.33. The summed E-state index contributed by atoms with van der Waals surface area (Å²) in [7, 11) is -2.01. The van der Waals surface area contributed by atoms with Crippen LogP contribution in [0.1, 0.15) is 54.1 Å². The molecule has 0 saturated carbocycles. The second-order valence-corrected chi connectivity index (χ2v) is 12.2. The van der Waals surface area contributed by atoms with Gasteiger partial charge in [-0.15, -0.1) is 0 Å². The Morgan fingerprint density at radius 1 is 1.20 bits per heavy atom. The number of unbranched alkanes of at least 4 members (excludes halogenated alkanes) is 1. The number of hydrogen-bond acceptors (Lipinski definition) is 6. The summed E-state index contributed by atoms with van der Waals surface area (Å²) in [4.78, 5) is 20.3. The van der Waals surface area contributed by atoms with Gasteiger partial charge in [-0.1, -0.05) is 30.7 Å². The van der Waals surface area contributed by atoms with Crippen molar-refractivity contribution in [3.8, 4) is 0 Å². The van der Waals surface area contributed by atoms with Crippen LogP contribution in [-0.2, 0) is 14.8 Å². The third kappa shape index (κ3) is 5.58. The maximum Gasteiger partial charge on any atom is 0.260 e. The minimum absolute atomic E-state index is 0.0411. The molecule has 9 heteroatoms. The molecule has 0 radical (unpaired) electrons. The number of ether oxygens (including phenoxy) is 1. The van der Waals surface area contributed by atoms with Gasteiger partial charge in [-0.05, 0) is 74.6 Å². The molecular weight excluding hydrogens is 482 g/mol. The first-order chi connectivity index (χ1) is 16.7. The molecule has 1 atom stereocenters. The van der Waals surface area contributed by atoms with Crippen molar-refractivity contribution in [2.24, 2.45) is 0 Å². The average Bonchev–Trinajstić information content (AvgIpc) is 3.50. The van der Waals surface area contributed by atoms with Crippen LogP contribution in [0.3, 0.4) is 0 Å². The van der Waals surface area contributed by atoms with E-state index >= 15 is 0 Å². The lowest BCUT2D eigenvalue weighted by atomic mass is 10.1. The van der Waals surface area contributed by atoms with E-state index in [1.807, 2.05) is 19.9 Å². The number of rotatable bonds is 9. The molecule has 35 heavy (non-hydrogen) atoms. The molecule has 1 fully saturated rings. The fourth-order valence-corrected chi connectivity index (χ4v) is 6.56.